The van der Waals surface area contributed by atoms with E-state index in [2.05, 4.69) is 10.6 Å². The van der Waals surface area contributed by atoms with Crippen molar-refractivity contribution in [2.24, 2.45) is 35.5 Å². The van der Waals surface area contributed by atoms with E-state index in [0.717, 1.165) is 37.6 Å². The van der Waals surface area contributed by atoms with Gasteiger partial charge in [-0.3, -0.25) is 9.63 Å². The third kappa shape index (κ3) is 6.28. The Labute approximate surface area is 241 Å². The zero-order valence-electron chi connectivity index (χ0n) is 24.7. The van der Waals surface area contributed by atoms with Crippen molar-refractivity contribution in [3.05, 3.63) is 0 Å². The molecule has 6 aliphatic rings. The van der Waals surface area contributed by atoms with Gasteiger partial charge in [0.15, 0.2) is 0 Å². The third-order valence-electron chi connectivity index (χ3n) is 11.8. The molecule has 4 N–H and O–H groups in total. The smallest absolute Gasteiger partial charge is 0.240 e. The van der Waals surface area contributed by atoms with Crippen molar-refractivity contribution < 1.29 is 24.6 Å². The number of fused-ring (bicyclic) bond motifs is 2. The first kappa shape index (κ1) is 29.3. The van der Waals surface area contributed by atoms with Crippen molar-refractivity contribution >= 4 is 5.91 Å². The normalized spacial score (nSPS) is 44.7. The zero-order chi connectivity index (χ0) is 27.6. The van der Waals surface area contributed by atoms with Gasteiger partial charge in [-0.2, -0.15) is 5.06 Å². The number of carbonyl (C=O) groups is 1. The van der Waals surface area contributed by atoms with Crippen LogP contribution in [0.15, 0.2) is 0 Å². The topological polar surface area (TPSA) is 103 Å². The van der Waals surface area contributed by atoms with Crippen molar-refractivity contribution in [1.29, 1.82) is 0 Å². The first-order valence-electron chi connectivity index (χ1n) is 16.9. The lowest BCUT2D eigenvalue weighted by Crippen LogP contribution is -2.49. The highest BCUT2D eigenvalue weighted by molar-refractivity contribution is 5.82. The number of nitrogens with one attached hydrogen (secondary N) is 2. The molecule has 10 atom stereocenters. The Hall–Kier alpha value is -0.770. The highest BCUT2D eigenvalue weighted by atomic mass is 16.7. The van der Waals surface area contributed by atoms with E-state index < -0.39 is 24.2 Å². The second-order valence-electron chi connectivity index (χ2n) is 14.3. The van der Waals surface area contributed by atoms with E-state index >= 15 is 0 Å². The van der Waals surface area contributed by atoms with Gasteiger partial charge in [0.2, 0.25) is 5.91 Å². The summed E-state index contributed by atoms with van der Waals surface area (Å²) in [5.41, 5.74) is 0. The Morgan fingerprint density at radius 2 is 1.77 bits per heavy atom. The summed E-state index contributed by atoms with van der Waals surface area (Å²) in [6, 6.07) is 0.103. The molecular weight excluding hydrogens is 506 g/mol. The fraction of sp³-hybridized carbons (Fsp3) is 0.969. The molecule has 0 radical (unpaired) electrons. The van der Waals surface area contributed by atoms with Crippen LogP contribution >= 0.6 is 0 Å². The average molecular weight is 562 g/mol. The minimum absolute atomic E-state index is 0.0657. The van der Waals surface area contributed by atoms with E-state index in [1.165, 1.54) is 70.6 Å². The summed E-state index contributed by atoms with van der Waals surface area (Å²) >= 11 is 0. The summed E-state index contributed by atoms with van der Waals surface area (Å²) in [6.07, 6.45) is 17.0. The largest absolute Gasteiger partial charge is 0.396 e. The van der Waals surface area contributed by atoms with Gasteiger partial charge in [0.05, 0.1) is 24.9 Å². The predicted molar refractivity (Wildman–Crippen MR) is 153 cm³/mol. The van der Waals surface area contributed by atoms with Gasteiger partial charge in [-0.15, -0.1) is 0 Å². The van der Waals surface area contributed by atoms with Gasteiger partial charge in [-0.05, 0) is 107 Å². The Morgan fingerprint density at radius 3 is 2.55 bits per heavy atom. The minimum Gasteiger partial charge on any atom is -0.396 e. The van der Waals surface area contributed by atoms with Crippen LogP contribution in [0, 0.1) is 35.5 Å². The Kier molecular flexibility index (Phi) is 9.71. The van der Waals surface area contributed by atoms with Gasteiger partial charge in [-0.1, -0.05) is 25.7 Å². The van der Waals surface area contributed by atoms with Crippen LogP contribution in [0.4, 0.5) is 0 Å². The lowest BCUT2D eigenvalue weighted by molar-refractivity contribution is -0.193. The van der Waals surface area contributed by atoms with Crippen LogP contribution in [0.25, 0.3) is 0 Å². The van der Waals surface area contributed by atoms with Crippen molar-refractivity contribution in [2.45, 2.75) is 133 Å². The number of hydroxylamine groups is 2. The van der Waals surface area contributed by atoms with Gasteiger partial charge < -0.3 is 25.6 Å². The van der Waals surface area contributed by atoms with Crippen LogP contribution in [0.3, 0.4) is 0 Å². The van der Waals surface area contributed by atoms with Crippen molar-refractivity contribution in [2.75, 3.05) is 26.2 Å². The van der Waals surface area contributed by atoms with Crippen molar-refractivity contribution in [3.63, 3.8) is 0 Å². The molecule has 40 heavy (non-hydrogen) atoms. The lowest BCUT2D eigenvalue weighted by Gasteiger charge is -2.34. The summed E-state index contributed by atoms with van der Waals surface area (Å²) < 4.78 is 6.55. The van der Waals surface area contributed by atoms with Crippen LogP contribution in [-0.4, -0.2) is 83.9 Å². The zero-order valence-corrected chi connectivity index (χ0v) is 24.7. The SMILES string of the molecule is C[C@@H](O)C1ON(CC2CCC(C3CC4CCCCC4O3)CC2)[C@@H](C(=O)NCCC2CNC3CCCCC23)[C@H]1CO. The quantitative estimate of drug-likeness (QED) is 0.342. The molecule has 6 fully saturated rings. The highest BCUT2D eigenvalue weighted by Crippen LogP contribution is 2.44. The molecule has 3 saturated heterocycles. The highest BCUT2D eigenvalue weighted by Gasteiger charge is 2.50. The van der Waals surface area contributed by atoms with Gasteiger partial charge >= 0.3 is 0 Å². The first-order valence-corrected chi connectivity index (χ1v) is 16.9. The average Bonchev–Trinajstić information content (AvgIpc) is 3.68. The molecule has 3 aliphatic heterocycles. The van der Waals surface area contributed by atoms with E-state index in [4.69, 9.17) is 9.57 Å². The number of nitrogens with zero attached hydrogens (tertiary/aromatic N) is 1. The van der Waals surface area contributed by atoms with Crippen molar-refractivity contribution in [1.82, 2.24) is 15.7 Å². The van der Waals surface area contributed by atoms with Gasteiger partial charge in [-0.25, -0.2) is 0 Å². The third-order valence-corrected chi connectivity index (χ3v) is 11.8. The Bertz CT molecular complexity index is 821. The van der Waals surface area contributed by atoms with Gasteiger partial charge in [0.25, 0.3) is 0 Å². The van der Waals surface area contributed by atoms with E-state index in [-0.39, 0.29) is 12.5 Å². The molecule has 3 saturated carbocycles. The number of carbonyl (C=O) groups excluding carboxylic acids is 1. The van der Waals surface area contributed by atoms with E-state index in [0.29, 0.717) is 49.1 Å². The van der Waals surface area contributed by atoms with Crippen LogP contribution in [0.5, 0.6) is 0 Å². The molecule has 0 spiro atoms. The Morgan fingerprint density at radius 1 is 1.00 bits per heavy atom. The summed E-state index contributed by atoms with van der Waals surface area (Å²) in [7, 11) is 0. The second-order valence-corrected chi connectivity index (χ2v) is 14.3. The number of rotatable bonds is 9. The molecule has 6 rings (SSSR count). The number of aliphatic hydroxyl groups excluding tert-OH is 2. The molecule has 0 aromatic heterocycles. The standard InChI is InChI=1S/C32H55N3O5/c1-20(37)31-26(19-36)30(32(38)33-15-14-24-17-34-27-8-4-3-7-25(24)27)35(40-31)18-21-10-12-22(13-11-21)29-16-23-6-2-5-9-28(23)39-29/h20-31,34,36-37H,2-19H2,1H3,(H,33,38)/t20-,21?,22?,23?,24?,25?,26-,27?,28?,29?,30-,31?/m1/s1. The summed E-state index contributed by atoms with van der Waals surface area (Å²) in [6.45, 7) is 3.92. The van der Waals surface area contributed by atoms with Crippen LogP contribution in [-0.2, 0) is 14.4 Å². The molecule has 7 unspecified atom stereocenters. The lowest BCUT2D eigenvalue weighted by atomic mass is 9.77. The molecule has 228 valence electrons. The maximum absolute atomic E-state index is 13.6. The maximum atomic E-state index is 13.6. The summed E-state index contributed by atoms with van der Waals surface area (Å²) in [5, 5.41) is 29.5. The Balaban J connectivity index is 1.02. The fourth-order valence-corrected chi connectivity index (χ4v) is 9.56. The van der Waals surface area contributed by atoms with Crippen LogP contribution in [0.1, 0.15) is 96.8 Å². The van der Waals surface area contributed by atoms with E-state index in [1.807, 2.05) is 5.06 Å². The summed E-state index contributed by atoms with van der Waals surface area (Å²) in [5.74, 6) is 2.78. The molecule has 3 aliphatic carbocycles. The van der Waals surface area contributed by atoms with Gasteiger partial charge in [0.1, 0.15) is 12.1 Å². The monoisotopic (exact) mass is 561 g/mol. The molecule has 0 bridgehead atoms. The number of aliphatic hydroxyl groups is 2. The molecule has 8 heteroatoms. The molecular formula is C32H55N3O5. The number of hydrogen-bond donors (Lipinski definition) is 4. The summed E-state index contributed by atoms with van der Waals surface area (Å²) in [4.78, 5) is 19.8. The minimum atomic E-state index is -0.746. The molecule has 3 heterocycles. The van der Waals surface area contributed by atoms with Crippen LogP contribution < -0.4 is 10.6 Å². The molecule has 0 aromatic rings. The second kappa shape index (κ2) is 13.3. The fourth-order valence-electron chi connectivity index (χ4n) is 9.56. The van der Waals surface area contributed by atoms with Gasteiger partial charge in [0, 0.05) is 25.0 Å². The van der Waals surface area contributed by atoms with Crippen molar-refractivity contribution in [3.8, 4) is 0 Å². The number of hydrogen-bond acceptors (Lipinski definition) is 7. The molecule has 8 nitrogen and oxygen atoms in total. The molecule has 1 amide bonds. The number of amides is 1. The van der Waals surface area contributed by atoms with E-state index in [9.17, 15) is 15.0 Å². The van der Waals surface area contributed by atoms with E-state index in [1.54, 1.807) is 6.92 Å². The first-order chi connectivity index (χ1) is 19.5. The molecule has 0 aromatic carbocycles. The van der Waals surface area contributed by atoms with Crippen LogP contribution in [0.2, 0.25) is 0 Å². The predicted octanol–water partition coefficient (Wildman–Crippen LogP) is 3.40. The number of ether oxygens (including phenoxy) is 1. The maximum Gasteiger partial charge on any atom is 0.240 e.